The predicted octanol–water partition coefficient (Wildman–Crippen LogP) is 4.85. The van der Waals surface area contributed by atoms with Crippen LogP contribution in [0.2, 0.25) is 0 Å². The number of nitrogens with zero attached hydrogens (tertiary/aromatic N) is 1. The lowest BCUT2D eigenvalue weighted by Crippen LogP contribution is -2.40. The molecule has 1 fully saturated rings. The Kier molecular flexibility index (Phi) is 10.2. The second kappa shape index (κ2) is 14.2. The Labute approximate surface area is 237 Å². The van der Waals surface area contributed by atoms with Gasteiger partial charge in [-0.1, -0.05) is 18.2 Å². The van der Waals surface area contributed by atoms with E-state index in [2.05, 4.69) is 10.6 Å². The van der Waals surface area contributed by atoms with Crippen LogP contribution < -0.4 is 20.1 Å². The number of urea groups is 1. The first-order valence-corrected chi connectivity index (χ1v) is 13.1. The number of likely N-dealkylation sites (tertiary alicyclic amines) is 1. The second-order valence-electron chi connectivity index (χ2n) is 9.30. The van der Waals surface area contributed by atoms with Crippen LogP contribution in [0.3, 0.4) is 0 Å². The Balaban J connectivity index is 1.34. The summed E-state index contributed by atoms with van der Waals surface area (Å²) in [5.41, 5.74) is 1.46. The largest absolute Gasteiger partial charge is 0.495 e. The number of nitrogens with one attached hydrogen (secondary N) is 2. The maximum Gasteiger partial charge on any atom is 0.337 e. The number of benzene rings is 3. The number of carbonyl (C=O) groups is 3. The summed E-state index contributed by atoms with van der Waals surface area (Å²) in [6, 6.07) is 16.6. The van der Waals surface area contributed by atoms with Crippen LogP contribution in [0.4, 0.5) is 20.6 Å². The van der Waals surface area contributed by atoms with E-state index in [4.69, 9.17) is 18.9 Å². The molecule has 3 aromatic carbocycles. The SMILES string of the molecule is COC(=O)c1ccc(OC(OCC(=O)Cc2ccc(NC(=O)Nc3ccccc3F)c(OC)c2)N2CCCC2)cc1. The van der Waals surface area contributed by atoms with Crippen molar-refractivity contribution in [2.24, 2.45) is 0 Å². The van der Waals surface area contributed by atoms with Gasteiger partial charge in [0.15, 0.2) is 5.78 Å². The molecule has 1 aliphatic heterocycles. The quantitative estimate of drug-likeness (QED) is 0.237. The summed E-state index contributed by atoms with van der Waals surface area (Å²) in [6.45, 7) is 1.36. The summed E-state index contributed by atoms with van der Waals surface area (Å²) in [7, 11) is 2.76. The molecule has 2 N–H and O–H groups in total. The normalized spacial score (nSPS) is 13.7. The number of methoxy groups -OCH3 is 2. The van der Waals surface area contributed by atoms with Gasteiger partial charge in [0, 0.05) is 19.5 Å². The lowest BCUT2D eigenvalue weighted by Gasteiger charge is -2.27. The van der Waals surface area contributed by atoms with Gasteiger partial charge >= 0.3 is 12.0 Å². The Morgan fingerprint density at radius 3 is 2.32 bits per heavy atom. The summed E-state index contributed by atoms with van der Waals surface area (Å²) >= 11 is 0. The molecule has 0 saturated carbocycles. The molecule has 1 saturated heterocycles. The van der Waals surface area contributed by atoms with Gasteiger partial charge in [-0.15, -0.1) is 0 Å². The van der Waals surface area contributed by atoms with Gasteiger partial charge in [0.25, 0.3) is 6.41 Å². The average molecular weight is 566 g/mol. The topological polar surface area (TPSA) is 115 Å². The average Bonchev–Trinajstić information content (AvgIpc) is 3.52. The monoisotopic (exact) mass is 565 g/mol. The fourth-order valence-corrected chi connectivity index (χ4v) is 4.30. The molecule has 0 radical (unpaired) electrons. The first-order chi connectivity index (χ1) is 19.9. The van der Waals surface area contributed by atoms with Crippen molar-refractivity contribution in [3.8, 4) is 11.5 Å². The van der Waals surface area contributed by atoms with Crippen LogP contribution in [-0.4, -0.2) is 63.0 Å². The number of ether oxygens (including phenoxy) is 4. The van der Waals surface area contributed by atoms with Crippen molar-refractivity contribution in [2.45, 2.75) is 25.7 Å². The van der Waals surface area contributed by atoms with Crippen molar-refractivity contribution in [3.05, 3.63) is 83.7 Å². The number of carbonyl (C=O) groups excluding carboxylic acids is 3. The van der Waals surface area contributed by atoms with Crippen molar-refractivity contribution in [1.82, 2.24) is 4.90 Å². The van der Waals surface area contributed by atoms with E-state index in [1.165, 1.54) is 32.4 Å². The molecular formula is C30H32FN3O7. The zero-order valence-electron chi connectivity index (χ0n) is 22.9. The summed E-state index contributed by atoms with van der Waals surface area (Å²) in [6.07, 6.45) is 1.30. The summed E-state index contributed by atoms with van der Waals surface area (Å²) in [5, 5.41) is 5.07. The van der Waals surface area contributed by atoms with Crippen LogP contribution in [0, 0.1) is 5.82 Å². The summed E-state index contributed by atoms with van der Waals surface area (Å²) in [4.78, 5) is 38.9. The van der Waals surface area contributed by atoms with Gasteiger partial charge in [-0.3, -0.25) is 4.79 Å². The van der Waals surface area contributed by atoms with Crippen LogP contribution >= 0.6 is 0 Å². The van der Waals surface area contributed by atoms with Gasteiger partial charge in [-0.25, -0.2) is 18.9 Å². The number of hydrogen-bond acceptors (Lipinski definition) is 8. The molecule has 1 heterocycles. The molecule has 10 nitrogen and oxygen atoms in total. The number of para-hydroxylation sites is 1. The van der Waals surface area contributed by atoms with E-state index in [0.29, 0.717) is 28.3 Å². The molecule has 2 amide bonds. The van der Waals surface area contributed by atoms with Crippen molar-refractivity contribution < 1.29 is 37.7 Å². The van der Waals surface area contributed by atoms with E-state index in [9.17, 15) is 18.8 Å². The van der Waals surface area contributed by atoms with E-state index in [1.54, 1.807) is 48.5 Å². The number of esters is 1. The number of anilines is 2. The van der Waals surface area contributed by atoms with Crippen LogP contribution in [0.15, 0.2) is 66.7 Å². The number of rotatable bonds is 12. The molecule has 1 unspecified atom stereocenters. The third-order valence-electron chi connectivity index (χ3n) is 6.38. The predicted molar refractivity (Wildman–Crippen MR) is 150 cm³/mol. The van der Waals surface area contributed by atoms with E-state index in [1.807, 2.05) is 4.90 Å². The molecule has 1 aliphatic rings. The fraction of sp³-hybridized carbons (Fsp3) is 0.300. The number of amides is 2. The van der Waals surface area contributed by atoms with Gasteiger partial charge in [0.05, 0.1) is 31.2 Å². The smallest absolute Gasteiger partial charge is 0.337 e. The molecule has 0 aromatic heterocycles. The number of hydrogen-bond donors (Lipinski definition) is 2. The van der Waals surface area contributed by atoms with Crippen LogP contribution in [0.1, 0.15) is 28.8 Å². The number of halogens is 1. The van der Waals surface area contributed by atoms with Gasteiger partial charge in [0.2, 0.25) is 0 Å². The van der Waals surface area contributed by atoms with E-state index in [-0.39, 0.29) is 24.5 Å². The van der Waals surface area contributed by atoms with Crippen molar-refractivity contribution in [2.75, 3.05) is 44.5 Å². The Morgan fingerprint density at radius 2 is 1.63 bits per heavy atom. The molecule has 4 rings (SSSR count). The lowest BCUT2D eigenvalue weighted by atomic mass is 10.1. The third-order valence-corrected chi connectivity index (χ3v) is 6.38. The van der Waals surface area contributed by atoms with Gasteiger partial charge < -0.3 is 29.6 Å². The van der Waals surface area contributed by atoms with Crippen LogP contribution in [0.25, 0.3) is 0 Å². The maximum atomic E-state index is 13.8. The van der Waals surface area contributed by atoms with E-state index < -0.39 is 24.2 Å². The maximum absolute atomic E-state index is 13.8. The molecule has 41 heavy (non-hydrogen) atoms. The van der Waals surface area contributed by atoms with E-state index >= 15 is 0 Å². The highest BCUT2D eigenvalue weighted by atomic mass is 19.1. The number of Topliss-reactive ketones (excluding diaryl/α,β-unsaturated/α-hetero) is 1. The summed E-state index contributed by atoms with van der Waals surface area (Å²) in [5.74, 6) is -0.346. The summed E-state index contributed by atoms with van der Waals surface area (Å²) < 4.78 is 35.9. The molecule has 11 heteroatoms. The van der Waals surface area contributed by atoms with Crippen molar-refractivity contribution in [3.63, 3.8) is 0 Å². The first kappa shape index (κ1) is 29.5. The van der Waals surface area contributed by atoms with Crippen molar-refractivity contribution >= 4 is 29.2 Å². The zero-order chi connectivity index (χ0) is 29.2. The number of ketones is 1. The molecular weight excluding hydrogens is 533 g/mol. The highest BCUT2D eigenvalue weighted by Gasteiger charge is 2.25. The zero-order valence-corrected chi connectivity index (χ0v) is 22.9. The Morgan fingerprint density at radius 1 is 0.927 bits per heavy atom. The highest BCUT2D eigenvalue weighted by molar-refractivity contribution is 6.00. The molecule has 1 atom stereocenters. The Bertz CT molecular complexity index is 1360. The minimum Gasteiger partial charge on any atom is -0.495 e. The van der Waals surface area contributed by atoms with Crippen LogP contribution in [0.5, 0.6) is 11.5 Å². The van der Waals surface area contributed by atoms with Crippen molar-refractivity contribution in [1.29, 1.82) is 0 Å². The second-order valence-corrected chi connectivity index (χ2v) is 9.30. The lowest BCUT2D eigenvalue weighted by molar-refractivity contribution is -0.174. The fourth-order valence-electron chi connectivity index (χ4n) is 4.30. The molecule has 0 aliphatic carbocycles. The van der Waals surface area contributed by atoms with Gasteiger partial charge in [-0.05, 0) is 66.9 Å². The molecule has 0 bridgehead atoms. The highest BCUT2D eigenvalue weighted by Crippen LogP contribution is 2.27. The molecule has 0 spiro atoms. The van der Waals surface area contributed by atoms with Gasteiger partial charge in [-0.2, -0.15) is 0 Å². The minimum atomic E-state index is -0.764. The minimum absolute atomic E-state index is 0.0422. The van der Waals surface area contributed by atoms with Crippen LogP contribution in [-0.2, 0) is 20.7 Å². The molecule has 3 aromatic rings. The van der Waals surface area contributed by atoms with E-state index in [0.717, 1.165) is 25.9 Å². The third kappa shape index (κ3) is 8.26. The first-order valence-electron chi connectivity index (χ1n) is 13.1. The van der Waals surface area contributed by atoms with Gasteiger partial charge in [0.1, 0.15) is 23.9 Å². The Hall–Kier alpha value is -4.48. The standard InChI is InChI=1S/C30H32FN3O7/c1-38-27-18-20(9-14-26(27)33-29(37)32-25-8-4-3-7-24(25)31)17-22(35)19-40-30(34-15-5-6-16-34)41-23-12-10-21(11-13-23)28(36)39-2/h3-4,7-14,18,30H,5-6,15-17,19H2,1-2H3,(H2,32,33,37). The molecule has 216 valence electrons.